The first-order chi connectivity index (χ1) is 13.1. The third-order valence-electron chi connectivity index (χ3n) is 4.21. The summed E-state index contributed by atoms with van der Waals surface area (Å²) < 4.78 is 1.66. The average molecular weight is 382 g/mol. The van der Waals surface area contributed by atoms with E-state index in [0.29, 0.717) is 29.1 Å². The van der Waals surface area contributed by atoms with Gasteiger partial charge in [0.05, 0.1) is 22.7 Å². The Bertz CT molecular complexity index is 986. The maximum absolute atomic E-state index is 13.1. The van der Waals surface area contributed by atoms with Crippen LogP contribution in [0.15, 0.2) is 64.5 Å². The van der Waals surface area contributed by atoms with Gasteiger partial charge in [-0.05, 0) is 31.0 Å². The fraction of sp³-hybridized carbons (Fsp3) is 0.286. The molecular weight excluding hydrogens is 358 g/mol. The van der Waals surface area contributed by atoms with Crippen molar-refractivity contribution < 1.29 is 4.79 Å². The zero-order valence-electron chi connectivity index (χ0n) is 15.5. The van der Waals surface area contributed by atoms with Crippen LogP contribution < -0.4 is 10.9 Å². The number of rotatable bonds is 7. The normalized spacial score (nSPS) is 12.1. The second-order valence-electron chi connectivity index (χ2n) is 6.34. The van der Waals surface area contributed by atoms with Gasteiger partial charge in [-0.3, -0.25) is 14.2 Å². The lowest BCUT2D eigenvalue weighted by molar-refractivity contribution is -0.120. The highest BCUT2D eigenvalue weighted by atomic mass is 32.2. The Morgan fingerprint density at radius 3 is 2.59 bits per heavy atom. The number of benzene rings is 2. The molecule has 0 saturated carbocycles. The highest BCUT2D eigenvalue weighted by molar-refractivity contribution is 8.00. The Hall–Kier alpha value is -2.60. The van der Waals surface area contributed by atoms with Gasteiger partial charge in [0.2, 0.25) is 5.91 Å². The number of carbonyl (C=O) groups excluding carboxylic acids is 1. The molecule has 1 heterocycles. The zero-order chi connectivity index (χ0) is 19.2. The van der Waals surface area contributed by atoms with Crippen molar-refractivity contribution in [3.8, 4) is 0 Å². The molecule has 1 N–H and O–H groups in total. The summed E-state index contributed by atoms with van der Waals surface area (Å²) >= 11 is 1.32. The number of nitrogens with zero attached hydrogens (tertiary/aromatic N) is 2. The van der Waals surface area contributed by atoms with Gasteiger partial charge in [-0.1, -0.05) is 61.2 Å². The summed E-state index contributed by atoms with van der Waals surface area (Å²) in [5.74, 6) is -0.0458. The third-order valence-corrected chi connectivity index (χ3v) is 5.30. The van der Waals surface area contributed by atoms with Gasteiger partial charge in [0.1, 0.15) is 0 Å². The number of fused-ring (bicyclic) bond motifs is 1. The van der Waals surface area contributed by atoms with E-state index in [1.54, 1.807) is 10.6 Å². The molecule has 0 radical (unpaired) electrons. The predicted molar refractivity (Wildman–Crippen MR) is 110 cm³/mol. The SMILES string of the molecule is CCCNC(=O)[C@H](C)Sc1nc2ccccc2c(=O)n1Cc1ccccc1. The van der Waals surface area contributed by atoms with Crippen LogP contribution in [0.2, 0.25) is 0 Å². The number of hydrogen-bond acceptors (Lipinski definition) is 4. The maximum atomic E-state index is 13.1. The molecule has 1 atom stereocenters. The van der Waals surface area contributed by atoms with Crippen LogP contribution in [-0.4, -0.2) is 27.3 Å². The standard InChI is InChI=1S/C21H23N3O2S/c1-3-13-22-19(25)15(2)27-21-23-18-12-8-7-11-17(18)20(26)24(21)14-16-9-5-4-6-10-16/h4-12,15H,3,13-14H2,1-2H3,(H,22,25)/t15-/m0/s1. The van der Waals surface area contributed by atoms with Gasteiger partial charge in [-0.2, -0.15) is 0 Å². The maximum Gasteiger partial charge on any atom is 0.262 e. The van der Waals surface area contributed by atoms with Crippen LogP contribution in [0.5, 0.6) is 0 Å². The third kappa shape index (κ3) is 4.57. The smallest absolute Gasteiger partial charge is 0.262 e. The van der Waals surface area contributed by atoms with Crippen LogP contribution in [0.1, 0.15) is 25.8 Å². The van der Waals surface area contributed by atoms with Crippen molar-refractivity contribution in [2.24, 2.45) is 0 Å². The van der Waals surface area contributed by atoms with E-state index < -0.39 is 0 Å². The second-order valence-corrected chi connectivity index (χ2v) is 7.65. The Morgan fingerprint density at radius 1 is 1.15 bits per heavy atom. The van der Waals surface area contributed by atoms with Crippen LogP contribution in [-0.2, 0) is 11.3 Å². The van der Waals surface area contributed by atoms with Crippen molar-refractivity contribution in [3.63, 3.8) is 0 Å². The topological polar surface area (TPSA) is 64.0 Å². The number of amides is 1. The fourth-order valence-electron chi connectivity index (χ4n) is 2.75. The van der Waals surface area contributed by atoms with E-state index in [2.05, 4.69) is 10.3 Å². The quantitative estimate of drug-likeness (QED) is 0.503. The lowest BCUT2D eigenvalue weighted by Crippen LogP contribution is -2.32. The molecule has 6 heteroatoms. The van der Waals surface area contributed by atoms with Crippen molar-refractivity contribution in [2.45, 2.75) is 37.2 Å². The summed E-state index contributed by atoms with van der Waals surface area (Å²) in [7, 11) is 0. The molecule has 0 spiro atoms. The highest BCUT2D eigenvalue weighted by Crippen LogP contribution is 2.23. The average Bonchev–Trinajstić information content (AvgIpc) is 2.69. The monoisotopic (exact) mass is 381 g/mol. The van der Waals surface area contributed by atoms with Crippen LogP contribution in [0.25, 0.3) is 10.9 Å². The van der Waals surface area contributed by atoms with E-state index in [0.717, 1.165) is 12.0 Å². The van der Waals surface area contributed by atoms with Gasteiger partial charge in [0, 0.05) is 6.54 Å². The molecule has 0 aliphatic carbocycles. The summed E-state index contributed by atoms with van der Waals surface area (Å²) in [6, 6.07) is 17.1. The van der Waals surface area contributed by atoms with Crippen LogP contribution in [0, 0.1) is 0 Å². The minimum Gasteiger partial charge on any atom is -0.355 e. The molecule has 0 fully saturated rings. The Morgan fingerprint density at radius 2 is 1.85 bits per heavy atom. The molecule has 0 saturated heterocycles. The molecule has 0 bridgehead atoms. The fourth-order valence-corrected chi connectivity index (χ4v) is 3.68. The number of thioether (sulfide) groups is 1. The lowest BCUT2D eigenvalue weighted by atomic mass is 10.2. The minimum absolute atomic E-state index is 0.0458. The molecule has 1 amide bonds. The minimum atomic E-state index is -0.341. The number of nitrogens with one attached hydrogen (secondary N) is 1. The first kappa shape index (κ1) is 19.2. The van der Waals surface area contributed by atoms with Gasteiger partial charge in [0.25, 0.3) is 5.56 Å². The second kappa shape index (κ2) is 8.86. The first-order valence-corrected chi connectivity index (χ1v) is 9.96. The largest absolute Gasteiger partial charge is 0.355 e. The summed E-state index contributed by atoms with van der Waals surface area (Å²) in [6.45, 7) is 4.92. The molecule has 3 rings (SSSR count). The van der Waals surface area contributed by atoms with E-state index in [-0.39, 0.29) is 16.7 Å². The van der Waals surface area contributed by atoms with E-state index in [9.17, 15) is 9.59 Å². The van der Waals surface area contributed by atoms with Gasteiger partial charge in [-0.15, -0.1) is 0 Å². The molecule has 2 aromatic carbocycles. The van der Waals surface area contributed by atoms with Crippen molar-refractivity contribution in [1.82, 2.24) is 14.9 Å². The highest BCUT2D eigenvalue weighted by Gasteiger charge is 2.19. The molecule has 0 aliphatic heterocycles. The lowest BCUT2D eigenvalue weighted by Gasteiger charge is -2.16. The molecule has 3 aromatic rings. The van der Waals surface area contributed by atoms with Crippen LogP contribution >= 0.6 is 11.8 Å². The number of hydrogen-bond donors (Lipinski definition) is 1. The van der Waals surface area contributed by atoms with Gasteiger partial charge >= 0.3 is 0 Å². The molecule has 140 valence electrons. The molecule has 0 aliphatic rings. The number of para-hydroxylation sites is 1. The van der Waals surface area contributed by atoms with Crippen LogP contribution in [0.4, 0.5) is 0 Å². The van der Waals surface area contributed by atoms with Crippen LogP contribution in [0.3, 0.4) is 0 Å². The summed E-state index contributed by atoms with van der Waals surface area (Å²) in [5.41, 5.74) is 1.57. The van der Waals surface area contributed by atoms with E-state index in [1.807, 2.05) is 62.4 Å². The van der Waals surface area contributed by atoms with Crippen molar-refractivity contribution in [3.05, 3.63) is 70.5 Å². The number of aromatic nitrogens is 2. The van der Waals surface area contributed by atoms with E-state index in [4.69, 9.17) is 0 Å². The molecule has 5 nitrogen and oxygen atoms in total. The van der Waals surface area contributed by atoms with Crippen molar-refractivity contribution in [1.29, 1.82) is 0 Å². The molecule has 0 unspecified atom stereocenters. The van der Waals surface area contributed by atoms with E-state index >= 15 is 0 Å². The molecule has 27 heavy (non-hydrogen) atoms. The Kier molecular flexibility index (Phi) is 6.29. The first-order valence-electron chi connectivity index (χ1n) is 9.08. The van der Waals surface area contributed by atoms with Crippen molar-refractivity contribution in [2.75, 3.05) is 6.54 Å². The predicted octanol–water partition coefficient (Wildman–Crippen LogP) is 3.45. The summed E-state index contributed by atoms with van der Waals surface area (Å²) in [5, 5.41) is 3.70. The summed E-state index contributed by atoms with van der Waals surface area (Å²) in [4.78, 5) is 30.0. The zero-order valence-corrected chi connectivity index (χ0v) is 16.3. The van der Waals surface area contributed by atoms with E-state index in [1.165, 1.54) is 11.8 Å². The molecule has 1 aromatic heterocycles. The Labute approximate surface area is 162 Å². The van der Waals surface area contributed by atoms with Gasteiger partial charge in [0.15, 0.2) is 5.16 Å². The molecular formula is C21H23N3O2S. The van der Waals surface area contributed by atoms with Gasteiger partial charge < -0.3 is 5.32 Å². The Balaban J connectivity index is 2.00. The number of carbonyl (C=O) groups is 1. The van der Waals surface area contributed by atoms with Crippen molar-refractivity contribution >= 4 is 28.6 Å². The van der Waals surface area contributed by atoms with Gasteiger partial charge in [-0.25, -0.2) is 4.98 Å². The summed E-state index contributed by atoms with van der Waals surface area (Å²) in [6.07, 6.45) is 0.885.